The Kier molecular flexibility index (Phi) is 10.3. The number of aryl methyl sites for hydroxylation is 2. The number of hydrogen-bond donors (Lipinski definition) is 0. The van der Waals surface area contributed by atoms with Crippen molar-refractivity contribution in [2.24, 2.45) is 0 Å². The van der Waals surface area contributed by atoms with E-state index in [0.717, 1.165) is 11.3 Å². The van der Waals surface area contributed by atoms with Crippen LogP contribution in [0.25, 0.3) is 38.6 Å². The molecule has 0 aliphatic carbocycles. The average Bonchev–Trinajstić information content (AvgIpc) is 3.16. The van der Waals surface area contributed by atoms with Crippen LogP contribution >= 0.6 is 0 Å². The van der Waals surface area contributed by atoms with Crippen LogP contribution in [0.2, 0.25) is 0 Å². The Hall–Kier alpha value is 0.961. The number of hydrogen-bond acceptors (Lipinski definition) is 0. The predicted octanol–water partition coefficient (Wildman–Crippen LogP) is 6.69. The van der Waals surface area contributed by atoms with Gasteiger partial charge in [0, 0.05) is 146 Å². The molecule has 0 fully saturated rings. The second-order valence-corrected chi connectivity index (χ2v) is 10.0. The molecule has 3 radical (unpaired) electrons. The molecule has 0 atom stereocenters. The zero-order valence-corrected chi connectivity index (χ0v) is 32.9. The van der Waals surface area contributed by atoms with Crippen molar-refractivity contribution in [2.75, 3.05) is 0 Å². The van der Waals surface area contributed by atoms with Crippen LogP contribution in [0.1, 0.15) is 44.4 Å². The molecule has 0 spiro atoms. The maximum Gasteiger partial charge on any atom is 0.269 e. The zero-order chi connectivity index (χ0) is 21.7. The van der Waals surface area contributed by atoms with Gasteiger partial charge in [0.15, 0.2) is 0 Å². The minimum atomic E-state index is -0.105. The van der Waals surface area contributed by atoms with Crippen molar-refractivity contribution >= 4 is 27.3 Å². The molecule has 6 rings (SSSR count). The third-order valence-corrected chi connectivity index (χ3v) is 8.02. The number of benzene rings is 3. The summed E-state index contributed by atoms with van der Waals surface area (Å²) < 4.78 is 4.93. The molecule has 0 N–H and O–H groups in total. The molecule has 35 heavy (non-hydrogen) atoms. The van der Waals surface area contributed by atoms with E-state index >= 15 is 0 Å². The average molecular weight is 840 g/mol. The topological polar surface area (TPSA) is 8.29 Å². The molecule has 1 aliphatic rings. The van der Waals surface area contributed by atoms with Crippen LogP contribution in [0.15, 0.2) is 48.7 Å². The minimum absolute atomic E-state index is 0. The molecule has 3 aromatic carbocycles. The third-order valence-electron chi connectivity index (χ3n) is 8.02. The smallest absolute Gasteiger partial charge is 0.269 e. The van der Waals surface area contributed by atoms with Crippen LogP contribution in [-0.4, -0.2) is 4.40 Å². The largest absolute Gasteiger partial charge is 0.421 e. The molecule has 0 saturated heterocycles. The number of fused-ring (bicyclic) bond motifs is 3. The van der Waals surface area contributed by atoms with Crippen LogP contribution in [-0.2, 0) is 11.0 Å². The van der Waals surface area contributed by atoms with E-state index in [-0.39, 0.29) is 142 Å². The van der Waals surface area contributed by atoms with Gasteiger partial charge >= 0.3 is 0 Å². The SMILES string of the molecule is Cc1cc2c3cccc4c3c3n(c(-c5[c-]c[c-]c[c-]5)c[n+]3C(C)(C)C4(C)C)c2cc1C.[CH3-].[Pr].[Pr].[Pr]. The molecule has 2 aromatic heterocycles. The normalized spacial score (nSPS) is 14.7. The molecule has 0 amide bonds. The van der Waals surface area contributed by atoms with Gasteiger partial charge in [-0.25, -0.2) is 0 Å². The van der Waals surface area contributed by atoms with Gasteiger partial charge in [-0.3, -0.25) is 4.57 Å². The summed E-state index contributed by atoms with van der Waals surface area (Å²) in [4.78, 5) is 0. The Morgan fingerprint density at radius 2 is 1.49 bits per heavy atom. The number of rotatable bonds is 1. The van der Waals surface area contributed by atoms with Gasteiger partial charge in [0.25, 0.3) is 5.65 Å². The first-order chi connectivity index (χ1) is 14.7. The zero-order valence-electron chi connectivity index (χ0n) is 21.7. The summed E-state index contributed by atoms with van der Waals surface area (Å²) >= 11 is 0. The number of pyridine rings is 1. The molecule has 3 heterocycles. The molecule has 2 nitrogen and oxygen atoms in total. The van der Waals surface area contributed by atoms with Gasteiger partial charge in [0.1, 0.15) is 11.1 Å². The molecule has 5 aromatic rings. The van der Waals surface area contributed by atoms with Crippen molar-refractivity contribution in [1.29, 1.82) is 0 Å². The van der Waals surface area contributed by atoms with Crippen LogP contribution in [0.3, 0.4) is 0 Å². The molecular formula is C30H29N2Pr3-3. The Bertz CT molecular complexity index is 1550. The maximum absolute atomic E-state index is 3.37. The van der Waals surface area contributed by atoms with Gasteiger partial charge in [0.2, 0.25) is 0 Å². The Balaban J connectivity index is 0.00000108. The Morgan fingerprint density at radius 1 is 0.857 bits per heavy atom. The first-order valence-electron chi connectivity index (χ1n) is 11.0. The van der Waals surface area contributed by atoms with Gasteiger partial charge in [-0.15, -0.1) is 0 Å². The van der Waals surface area contributed by atoms with Gasteiger partial charge in [-0.2, -0.15) is 0 Å². The van der Waals surface area contributed by atoms with Crippen molar-refractivity contribution in [3.8, 4) is 11.3 Å². The summed E-state index contributed by atoms with van der Waals surface area (Å²) in [6.07, 6.45) is 2.31. The fourth-order valence-electron chi connectivity index (χ4n) is 5.37. The molecule has 171 valence electrons. The van der Waals surface area contributed by atoms with Crippen LogP contribution < -0.4 is 4.57 Å². The number of aromatic nitrogens is 2. The fraction of sp³-hybridized carbons (Fsp3) is 0.267. The van der Waals surface area contributed by atoms with E-state index in [1.165, 1.54) is 44.0 Å². The van der Waals surface area contributed by atoms with E-state index in [1.54, 1.807) is 0 Å². The first-order valence-corrected chi connectivity index (χ1v) is 11.0. The summed E-state index contributed by atoms with van der Waals surface area (Å²) in [6.45, 7) is 13.9. The van der Waals surface area contributed by atoms with Crippen LogP contribution in [0.5, 0.6) is 0 Å². The van der Waals surface area contributed by atoms with Gasteiger partial charge in [-0.1, -0.05) is 37.7 Å². The van der Waals surface area contributed by atoms with Crippen molar-refractivity contribution in [2.45, 2.75) is 52.5 Å². The molecule has 1 aliphatic heterocycles. The second kappa shape index (κ2) is 11.2. The van der Waals surface area contributed by atoms with E-state index in [4.69, 9.17) is 0 Å². The quantitative estimate of drug-likeness (QED) is 0.101. The van der Waals surface area contributed by atoms with Gasteiger partial charge < -0.3 is 47.7 Å². The summed E-state index contributed by atoms with van der Waals surface area (Å²) in [5.41, 5.74) is 8.50. The Morgan fingerprint density at radius 3 is 2.14 bits per heavy atom. The molecule has 0 unspecified atom stereocenters. The van der Waals surface area contributed by atoms with Gasteiger partial charge in [-0.05, 0) is 56.5 Å². The maximum atomic E-state index is 3.37. The minimum Gasteiger partial charge on any atom is -0.421 e. The number of nitrogens with zero attached hydrogens (tertiary/aromatic N) is 2. The molecule has 0 bridgehead atoms. The van der Waals surface area contributed by atoms with E-state index in [0.29, 0.717) is 0 Å². The van der Waals surface area contributed by atoms with Crippen LogP contribution in [0, 0.1) is 163 Å². The summed E-state index contributed by atoms with van der Waals surface area (Å²) in [5.74, 6) is 0. The van der Waals surface area contributed by atoms with Crippen molar-refractivity contribution in [1.82, 2.24) is 4.40 Å². The van der Waals surface area contributed by atoms with E-state index < -0.39 is 0 Å². The van der Waals surface area contributed by atoms with Crippen molar-refractivity contribution in [3.63, 3.8) is 0 Å². The Labute approximate surface area is 309 Å². The van der Waals surface area contributed by atoms with E-state index in [2.05, 4.69) is 105 Å². The van der Waals surface area contributed by atoms with Crippen molar-refractivity contribution in [3.05, 3.63) is 91.0 Å². The number of imidazole rings is 1. The van der Waals surface area contributed by atoms with E-state index in [1.807, 2.05) is 12.1 Å². The summed E-state index contributed by atoms with van der Waals surface area (Å²) in [7, 11) is 0. The van der Waals surface area contributed by atoms with Gasteiger partial charge in [0.05, 0.1) is 5.39 Å². The first kappa shape index (κ1) is 32.2. The third kappa shape index (κ3) is 4.49. The molecular weight excluding hydrogens is 811 g/mol. The summed E-state index contributed by atoms with van der Waals surface area (Å²) in [5, 5.41) is 3.99. The standard InChI is InChI=1S/C29H26N2.CH3.3Pr/c1-18-15-22-21-13-10-14-23-26(21)27-30(29(5,6)28(23,3)4)17-25(20-11-8-7-9-12-20)31(27)24(22)16-19(18)2;;;;/h8-10,13-17H,1-6H3;1H3;;;/q-2;-1;;;. The molecule has 0 saturated carbocycles. The van der Waals surface area contributed by atoms with Crippen LogP contribution in [0.4, 0.5) is 0 Å². The fourth-order valence-corrected chi connectivity index (χ4v) is 5.37. The van der Waals surface area contributed by atoms with Crippen molar-refractivity contribution < 1.29 is 128 Å². The molecule has 5 heteroatoms. The monoisotopic (exact) mass is 840 g/mol. The summed E-state index contributed by atoms with van der Waals surface area (Å²) in [6, 6.07) is 25.1. The predicted molar refractivity (Wildman–Crippen MR) is 133 cm³/mol. The van der Waals surface area contributed by atoms with E-state index in [9.17, 15) is 0 Å². The second-order valence-electron chi connectivity index (χ2n) is 10.0.